The van der Waals surface area contributed by atoms with Crippen molar-refractivity contribution >= 4 is 11.9 Å². The van der Waals surface area contributed by atoms with Crippen molar-refractivity contribution in [2.45, 2.75) is 33.6 Å². The molecule has 2 N–H and O–H groups in total. The van der Waals surface area contributed by atoms with Crippen LogP contribution in [0.5, 0.6) is 17.2 Å². The van der Waals surface area contributed by atoms with Crippen molar-refractivity contribution in [3.05, 3.63) is 40.2 Å². The zero-order chi connectivity index (χ0) is 21.7. The number of dihydropyridines is 1. The summed E-state index contributed by atoms with van der Waals surface area (Å²) < 4.78 is 21.0. The standard InChI is InChI=1S/C21H27NO7/c1-7-28-20(24)16-11(3)22-12(4)17(21(25)29-8-2)18(16)13-9-14(23)19(27-6)15(10-13)26-5/h9-10,18,22-23H,7-8H2,1-6H3. The van der Waals surface area contributed by atoms with Crippen molar-refractivity contribution in [3.63, 3.8) is 0 Å². The Bertz CT molecular complexity index is 830. The fourth-order valence-electron chi connectivity index (χ4n) is 3.42. The van der Waals surface area contributed by atoms with Gasteiger partial charge in [-0.1, -0.05) is 0 Å². The number of aromatic hydroxyl groups is 1. The number of methoxy groups -OCH3 is 2. The van der Waals surface area contributed by atoms with E-state index in [1.54, 1.807) is 33.8 Å². The number of phenolic OH excluding ortho intramolecular Hbond substituents is 1. The van der Waals surface area contributed by atoms with Crippen LogP contribution in [0.15, 0.2) is 34.7 Å². The Morgan fingerprint density at radius 3 is 1.90 bits per heavy atom. The van der Waals surface area contributed by atoms with Crippen LogP contribution in [-0.2, 0) is 19.1 Å². The van der Waals surface area contributed by atoms with Crippen LogP contribution < -0.4 is 14.8 Å². The van der Waals surface area contributed by atoms with Crippen LogP contribution in [0.2, 0.25) is 0 Å². The SMILES string of the molecule is CCOC(=O)C1=C(C)NC(C)=C(C(=O)OCC)C1c1cc(O)c(OC)c(OC)c1. The van der Waals surface area contributed by atoms with Crippen LogP contribution >= 0.6 is 0 Å². The molecule has 0 spiro atoms. The number of allylic oxidation sites excluding steroid dienone is 2. The first-order chi connectivity index (χ1) is 13.8. The van der Waals surface area contributed by atoms with Gasteiger partial charge in [-0.25, -0.2) is 9.59 Å². The van der Waals surface area contributed by atoms with E-state index in [4.69, 9.17) is 18.9 Å². The number of ether oxygens (including phenoxy) is 4. The van der Waals surface area contributed by atoms with Gasteiger partial charge in [0.2, 0.25) is 5.75 Å². The topological polar surface area (TPSA) is 103 Å². The van der Waals surface area contributed by atoms with Gasteiger partial charge in [-0.2, -0.15) is 0 Å². The lowest BCUT2D eigenvalue weighted by Gasteiger charge is -2.30. The van der Waals surface area contributed by atoms with Crippen LogP contribution in [-0.4, -0.2) is 44.5 Å². The summed E-state index contributed by atoms with van der Waals surface area (Å²) >= 11 is 0. The quantitative estimate of drug-likeness (QED) is 0.668. The molecule has 0 amide bonds. The van der Waals surface area contributed by atoms with Crippen LogP contribution in [0, 0.1) is 0 Å². The molecule has 2 rings (SSSR count). The summed E-state index contributed by atoms with van der Waals surface area (Å²) in [7, 11) is 2.84. The first-order valence-corrected chi connectivity index (χ1v) is 9.28. The van der Waals surface area contributed by atoms with Gasteiger partial charge in [0.25, 0.3) is 0 Å². The Morgan fingerprint density at radius 2 is 1.48 bits per heavy atom. The Labute approximate surface area is 170 Å². The number of esters is 2. The van der Waals surface area contributed by atoms with E-state index in [9.17, 15) is 14.7 Å². The van der Waals surface area contributed by atoms with Gasteiger partial charge in [-0.3, -0.25) is 0 Å². The van der Waals surface area contributed by atoms with Gasteiger partial charge in [0.1, 0.15) is 0 Å². The summed E-state index contributed by atoms with van der Waals surface area (Å²) in [5.74, 6) is -1.70. The van der Waals surface area contributed by atoms with E-state index in [1.165, 1.54) is 20.3 Å². The van der Waals surface area contributed by atoms with E-state index < -0.39 is 17.9 Å². The minimum atomic E-state index is -0.819. The van der Waals surface area contributed by atoms with Crippen molar-refractivity contribution in [1.82, 2.24) is 5.32 Å². The van der Waals surface area contributed by atoms with Crippen LogP contribution in [0.3, 0.4) is 0 Å². The Hall–Kier alpha value is -3.16. The number of benzene rings is 1. The lowest BCUT2D eigenvalue weighted by molar-refractivity contribution is -0.139. The molecule has 158 valence electrons. The number of hydrogen-bond donors (Lipinski definition) is 2. The smallest absolute Gasteiger partial charge is 0.336 e. The van der Waals surface area contributed by atoms with Crippen molar-refractivity contribution in [1.29, 1.82) is 0 Å². The van der Waals surface area contributed by atoms with E-state index in [0.29, 0.717) is 17.0 Å². The first-order valence-electron chi connectivity index (χ1n) is 9.28. The molecule has 8 nitrogen and oxygen atoms in total. The minimum Gasteiger partial charge on any atom is -0.504 e. The summed E-state index contributed by atoms with van der Waals surface area (Å²) in [6, 6.07) is 3.06. The molecule has 0 aliphatic carbocycles. The normalized spacial score (nSPS) is 14.4. The highest BCUT2D eigenvalue weighted by atomic mass is 16.5. The largest absolute Gasteiger partial charge is 0.504 e. The third-order valence-electron chi connectivity index (χ3n) is 4.57. The second kappa shape index (κ2) is 9.36. The Morgan fingerprint density at radius 1 is 0.966 bits per heavy atom. The molecule has 1 aromatic rings. The van der Waals surface area contributed by atoms with E-state index in [0.717, 1.165) is 0 Å². The monoisotopic (exact) mass is 405 g/mol. The third-order valence-corrected chi connectivity index (χ3v) is 4.57. The van der Waals surface area contributed by atoms with Crippen molar-refractivity contribution in [2.75, 3.05) is 27.4 Å². The van der Waals surface area contributed by atoms with Gasteiger partial charge in [-0.05, 0) is 45.4 Å². The summed E-state index contributed by atoms with van der Waals surface area (Å²) in [6.07, 6.45) is 0. The van der Waals surface area contributed by atoms with Crippen molar-refractivity contribution in [2.24, 2.45) is 0 Å². The summed E-state index contributed by atoms with van der Waals surface area (Å²) in [4.78, 5) is 25.5. The minimum absolute atomic E-state index is 0.155. The number of carbonyl (C=O) groups is 2. The van der Waals surface area contributed by atoms with Crippen LogP contribution in [0.4, 0.5) is 0 Å². The summed E-state index contributed by atoms with van der Waals surface area (Å²) in [5.41, 5.74) is 2.08. The average molecular weight is 405 g/mol. The van der Waals surface area contributed by atoms with Gasteiger partial charge in [0.15, 0.2) is 11.5 Å². The third kappa shape index (κ3) is 4.31. The van der Waals surface area contributed by atoms with E-state index in [-0.39, 0.29) is 41.6 Å². The van der Waals surface area contributed by atoms with Crippen LogP contribution in [0.1, 0.15) is 39.2 Å². The Balaban J connectivity index is 2.76. The highest BCUT2D eigenvalue weighted by Crippen LogP contribution is 2.45. The molecular formula is C21H27NO7. The van der Waals surface area contributed by atoms with Crippen LogP contribution in [0.25, 0.3) is 0 Å². The molecule has 0 unspecified atom stereocenters. The molecule has 0 aromatic heterocycles. The van der Waals surface area contributed by atoms with E-state index >= 15 is 0 Å². The number of nitrogens with one attached hydrogen (secondary N) is 1. The fourth-order valence-corrected chi connectivity index (χ4v) is 3.42. The predicted octanol–water partition coefficient (Wildman–Crippen LogP) is 2.77. The van der Waals surface area contributed by atoms with Gasteiger partial charge in [0, 0.05) is 11.4 Å². The zero-order valence-corrected chi connectivity index (χ0v) is 17.5. The number of rotatable bonds is 7. The number of phenols is 1. The second-order valence-electron chi connectivity index (χ2n) is 6.35. The molecule has 0 fully saturated rings. The van der Waals surface area contributed by atoms with Gasteiger partial charge < -0.3 is 29.4 Å². The lowest BCUT2D eigenvalue weighted by Crippen LogP contribution is -2.32. The summed E-state index contributed by atoms with van der Waals surface area (Å²) in [6.45, 7) is 7.22. The van der Waals surface area contributed by atoms with Gasteiger partial charge in [0.05, 0.1) is 44.5 Å². The molecule has 1 aliphatic rings. The molecule has 29 heavy (non-hydrogen) atoms. The van der Waals surface area contributed by atoms with E-state index in [2.05, 4.69) is 5.32 Å². The maximum Gasteiger partial charge on any atom is 0.336 e. The Kier molecular flexibility index (Phi) is 7.14. The lowest BCUT2D eigenvalue weighted by atomic mass is 9.80. The summed E-state index contributed by atoms with van der Waals surface area (Å²) in [5, 5.41) is 13.5. The second-order valence-corrected chi connectivity index (χ2v) is 6.35. The number of hydrogen-bond acceptors (Lipinski definition) is 8. The average Bonchev–Trinajstić information content (AvgIpc) is 2.66. The molecule has 8 heteroatoms. The zero-order valence-electron chi connectivity index (χ0n) is 17.5. The fraction of sp³-hybridized carbons (Fsp3) is 0.429. The predicted molar refractivity (Wildman–Crippen MR) is 106 cm³/mol. The molecule has 0 saturated heterocycles. The molecule has 0 radical (unpaired) electrons. The van der Waals surface area contributed by atoms with Crippen molar-refractivity contribution in [3.8, 4) is 17.2 Å². The van der Waals surface area contributed by atoms with Gasteiger partial charge >= 0.3 is 11.9 Å². The molecule has 1 heterocycles. The maximum atomic E-state index is 12.8. The van der Waals surface area contributed by atoms with Gasteiger partial charge in [-0.15, -0.1) is 0 Å². The maximum absolute atomic E-state index is 12.8. The molecular weight excluding hydrogens is 378 g/mol. The molecule has 1 aromatic carbocycles. The molecule has 1 aliphatic heterocycles. The number of carbonyl (C=O) groups excluding carboxylic acids is 2. The molecule has 0 saturated carbocycles. The first kappa shape index (κ1) is 22.1. The molecule has 0 atom stereocenters. The highest BCUT2D eigenvalue weighted by molar-refractivity contribution is 6.00. The molecule has 0 bridgehead atoms. The highest BCUT2D eigenvalue weighted by Gasteiger charge is 2.38. The van der Waals surface area contributed by atoms with Crippen molar-refractivity contribution < 1.29 is 33.6 Å². The van der Waals surface area contributed by atoms with E-state index in [1.807, 2.05) is 0 Å².